The smallest absolute Gasteiger partial charge is 0.312 e. The maximum atomic E-state index is 12.0. The van der Waals surface area contributed by atoms with Gasteiger partial charge in [0.05, 0.1) is 5.37 Å². The van der Waals surface area contributed by atoms with E-state index in [1.807, 2.05) is 42.6 Å². The van der Waals surface area contributed by atoms with Crippen LogP contribution < -0.4 is 5.32 Å². The second-order valence-corrected chi connectivity index (χ2v) is 5.89. The second kappa shape index (κ2) is 5.00. The van der Waals surface area contributed by atoms with Crippen LogP contribution in [-0.4, -0.2) is 28.6 Å². The van der Waals surface area contributed by atoms with Crippen molar-refractivity contribution in [2.24, 2.45) is 0 Å². The van der Waals surface area contributed by atoms with Gasteiger partial charge < -0.3 is 10.2 Å². The van der Waals surface area contributed by atoms with E-state index in [4.69, 9.17) is 0 Å². The van der Waals surface area contributed by atoms with Crippen molar-refractivity contribution in [2.75, 3.05) is 17.6 Å². The number of hydrogen-bond donors (Lipinski definition) is 1. The van der Waals surface area contributed by atoms with Crippen molar-refractivity contribution >= 4 is 23.5 Å². The summed E-state index contributed by atoms with van der Waals surface area (Å²) in [6.07, 6.45) is 0. The van der Waals surface area contributed by atoms with E-state index in [1.165, 1.54) is 11.1 Å². The molecule has 1 heterocycles. The summed E-state index contributed by atoms with van der Waals surface area (Å²) in [7, 11) is 0. The van der Waals surface area contributed by atoms with Crippen LogP contribution in [-0.2, 0) is 0 Å². The zero-order chi connectivity index (χ0) is 12.4. The molecule has 0 saturated carbocycles. The van der Waals surface area contributed by atoms with Crippen LogP contribution in [0.15, 0.2) is 18.2 Å². The predicted molar refractivity (Wildman–Crippen MR) is 73.6 cm³/mol. The van der Waals surface area contributed by atoms with E-state index in [-0.39, 0.29) is 11.4 Å². The molecular weight excluding hydrogens is 232 g/mol. The number of anilines is 1. The number of amides is 2. The zero-order valence-corrected chi connectivity index (χ0v) is 11.3. The van der Waals surface area contributed by atoms with E-state index in [0.717, 1.165) is 18.0 Å². The van der Waals surface area contributed by atoms with E-state index < -0.39 is 0 Å². The third-order valence-corrected chi connectivity index (χ3v) is 4.02. The van der Waals surface area contributed by atoms with Gasteiger partial charge in [0.2, 0.25) is 0 Å². The average Bonchev–Trinajstić information content (AvgIpc) is 2.62. The Morgan fingerprint density at radius 3 is 2.53 bits per heavy atom. The summed E-state index contributed by atoms with van der Waals surface area (Å²) in [6, 6.07) is 6.11. The first-order chi connectivity index (χ1) is 8.06. The number of nitrogens with one attached hydrogen (secondary N) is 1. The third kappa shape index (κ3) is 2.94. The molecule has 1 unspecified atom stereocenters. The van der Waals surface area contributed by atoms with Crippen molar-refractivity contribution in [2.45, 2.75) is 26.1 Å². The number of carbonyl (C=O) groups is 1. The molecule has 1 aliphatic heterocycles. The fourth-order valence-electron chi connectivity index (χ4n) is 2.10. The molecule has 1 saturated heterocycles. The lowest BCUT2D eigenvalue weighted by Crippen LogP contribution is -2.36. The van der Waals surface area contributed by atoms with Gasteiger partial charge in [-0.15, -0.1) is 11.8 Å². The van der Waals surface area contributed by atoms with Crippen molar-refractivity contribution in [1.82, 2.24) is 4.90 Å². The topological polar surface area (TPSA) is 32.3 Å². The van der Waals surface area contributed by atoms with Gasteiger partial charge in [0, 0.05) is 18.0 Å². The molecule has 0 aromatic heterocycles. The summed E-state index contributed by atoms with van der Waals surface area (Å²) >= 11 is 1.82. The van der Waals surface area contributed by atoms with E-state index in [2.05, 4.69) is 18.3 Å². The normalized spacial score (nSPS) is 19.5. The Hall–Kier alpha value is -1.16. The average molecular weight is 250 g/mol. The molecule has 1 fully saturated rings. The molecule has 92 valence electrons. The Morgan fingerprint density at radius 2 is 2.00 bits per heavy atom. The number of hydrogen-bond acceptors (Lipinski definition) is 2. The monoisotopic (exact) mass is 250 g/mol. The minimum Gasteiger partial charge on any atom is -0.312 e. The van der Waals surface area contributed by atoms with Crippen LogP contribution in [0.3, 0.4) is 0 Å². The van der Waals surface area contributed by atoms with Gasteiger partial charge >= 0.3 is 6.03 Å². The summed E-state index contributed by atoms with van der Waals surface area (Å²) in [5.74, 6) is 1.03. The quantitative estimate of drug-likeness (QED) is 0.830. The maximum Gasteiger partial charge on any atom is 0.322 e. The Morgan fingerprint density at radius 1 is 1.35 bits per heavy atom. The number of rotatable bonds is 1. The second-order valence-electron chi connectivity index (χ2n) is 4.47. The van der Waals surface area contributed by atoms with Gasteiger partial charge in [-0.1, -0.05) is 6.07 Å². The summed E-state index contributed by atoms with van der Waals surface area (Å²) in [4.78, 5) is 13.9. The van der Waals surface area contributed by atoms with Crippen LogP contribution in [0.2, 0.25) is 0 Å². The zero-order valence-electron chi connectivity index (χ0n) is 10.5. The summed E-state index contributed by atoms with van der Waals surface area (Å²) < 4.78 is 0. The lowest BCUT2D eigenvalue weighted by molar-refractivity contribution is 0.216. The molecule has 4 heteroatoms. The van der Waals surface area contributed by atoms with Crippen LogP contribution in [0, 0.1) is 13.8 Å². The van der Waals surface area contributed by atoms with Crippen LogP contribution in [0.1, 0.15) is 18.1 Å². The van der Waals surface area contributed by atoms with Crippen LogP contribution >= 0.6 is 11.8 Å². The van der Waals surface area contributed by atoms with Crippen molar-refractivity contribution < 1.29 is 4.79 Å². The number of urea groups is 1. The molecule has 2 amide bonds. The van der Waals surface area contributed by atoms with Crippen LogP contribution in [0.4, 0.5) is 10.5 Å². The van der Waals surface area contributed by atoms with Crippen molar-refractivity contribution in [3.8, 4) is 0 Å². The summed E-state index contributed by atoms with van der Waals surface area (Å²) in [6.45, 7) is 6.98. The van der Waals surface area contributed by atoms with Gasteiger partial charge in [-0.25, -0.2) is 4.79 Å². The van der Waals surface area contributed by atoms with Gasteiger partial charge in [-0.3, -0.25) is 0 Å². The maximum absolute atomic E-state index is 12.0. The molecule has 1 aliphatic rings. The first-order valence-electron chi connectivity index (χ1n) is 5.84. The Kier molecular flexibility index (Phi) is 3.62. The number of thioether (sulfide) groups is 1. The molecule has 1 aromatic carbocycles. The van der Waals surface area contributed by atoms with Gasteiger partial charge in [-0.05, 0) is 44.0 Å². The number of aryl methyl sites for hydroxylation is 2. The molecule has 1 N–H and O–H groups in total. The SMILES string of the molecule is Cc1cc(C)cc(NC(=O)N2CCSC2C)c1. The fourth-order valence-corrected chi connectivity index (χ4v) is 3.13. The fraction of sp³-hybridized carbons (Fsp3) is 0.462. The van der Waals surface area contributed by atoms with Gasteiger partial charge in [0.25, 0.3) is 0 Å². The molecule has 3 nitrogen and oxygen atoms in total. The van der Waals surface area contributed by atoms with E-state index >= 15 is 0 Å². The molecule has 2 rings (SSSR count). The van der Waals surface area contributed by atoms with Crippen molar-refractivity contribution in [3.63, 3.8) is 0 Å². The molecule has 1 atom stereocenters. The largest absolute Gasteiger partial charge is 0.322 e. The number of carbonyl (C=O) groups excluding carboxylic acids is 1. The summed E-state index contributed by atoms with van der Waals surface area (Å²) in [5.41, 5.74) is 3.23. The number of nitrogens with zero attached hydrogens (tertiary/aromatic N) is 1. The Balaban J connectivity index is 2.07. The molecule has 17 heavy (non-hydrogen) atoms. The molecule has 0 radical (unpaired) electrons. The van der Waals surface area contributed by atoms with Crippen LogP contribution in [0.25, 0.3) is 0 Å². The molecule has 0 bridgehead atoms. The summed E-state index contributed by atoms with van der Waals surface area (Å²) in [5, 5.41) is 3.25. The standard InChI is InChI=1S/C13H18N2OS/c1-9-6-10(2)8-12(7-9)14-13(16)15-4-5-17-11(15)3/h6-8,11H,4-5H2,1-3H3,(H,14,16). The first-order valence-corrected chi connectivity index (χ1v) is 6.88. The highest BCUT2D eigenvalue weighted by Crippen LogP contribution is 2.24. The highest BCUT2D eigenvalue weighted by Gasteiger charge is 2.25. The highest BCUT2D eigenvalue weighted by molar-refractivity contribution is 8.00. The number of benzene rings is 1. The van der Waals surface area contributed by atoms with Crippen molar-refractivity contribution in [1.29, 1.82) is 0 Å². The minimum absolute atomic E-state index is 0.00694. The van der Waals surface area contributed by atoms with E-state index in [1.54, 1.807) is 0 Å². The van der Waals surface area contributed by atoms with Crippen LogP contribution in [0.5, 0.6) is 0 Å². The molecule has 0 spiro atoms. The predicted octanol–water partition coefficient (Wildman–Crippen LogP) is 3.23. The van der Waals surface area contributed by atoms with E-state index in [0.29, 0.717) is 0 Å². The van der Waals surface area contributed by atoms with Crippen molar-refractivity contribution in [3.05, 3.63) is 29.3 Å². The lowest BCUT2D eigenvalue weighted by Gasteiger charge is -2.21. The molecule has 0 aliphatic carbocycles. The first kappa shape index (κ1) is 12.3. The Labute approximate surface area is 107 Å². The highest BCUT2D eigenvalue weighted by atomic mass is 32.2. The van der Waals surface area contributed by atoms with Gasteiger partial charge in [0.15, 0.2) is 0 Å². The van der Waals surface area contributed by atoms with E-state index in [9.17, 15) is 4.79 Å². The third-order valence-electron chi connectivity index (χ3n) is 2.86. The molecular formula is C13H18N2OS. The molecule has 1 aromatic rings. The van der Waals surface area contributed by atoms with Gasteiger partial charge in [-0.2, -0.15) is 0 Å². The lowest BCUT2D eigenvalue weighted by atomic mass is 10.1. The minimum atomic E-state index is 0.00694. The Bertz CT molecular complexity index is 413. The van der Waals surface area contributed by atoms with Gasteiger partial charge in [0.1, 0.15) is 0 Å².